The van der Waals surface area contributed by atoms with Crippen molar-refractivity contribution in [1.82, 2.24) is 14.9 Å². The predicted molar refractivity (Wildman–Crippen MR) is 93.4 cm³/mol. The van der Waals surface area contributed by atoms with Crippen LogP contribution in [-0.4, -0.2) is 35.3 Å². The van der Waals surface area contributed by atoms with Crippen molar-refractivity contribution in [2.45, 2.75) is 32.2 Å². The van der Waals surface area contributed by atoms with E-state index in [1.807, 2.05) is 6.20 Å². The van der Waals surface area contributed by atoms with Crippen LogP contribution < -0.4 is 20.1 Å². The van der Waals surface area contributed by atoms with Gasteiger partial charge >= 0.3 is 6.03 Å². The molecule has 1 aliphatic carbocycles. The van der Waals surface area contributed by atoms with Crippen LogP contribution in [0, 0.1) is 6.92 Å². The fourth-order valence-corrected chi connectivity index (χ4v) is 3.10. The predicted octanol–water partition coefficient (Wildman–Crippen LogP) is 2.66. The van der Waals surface area contributed by atoms with E-state index >= 15 is 0 Å². The molecule has 2 amide bonds. The molecule has 1 aliphatic heterocycles. The third-order valence-corrected chi connectivity index (χ3v) is 4.40. The van der Waals surface area contributed by atoms with E-state index in [2.05, 4.69) is 27.1 Å². The van der Waals surface area contributed by atoms with E-state index in [0.29, 0.717) is 43.0 Å². The third-order valence-electron chi connectivity index (χ3n) is 4.40. The normalized spacial score (nSPS) is 15.7. The lowest BCUT2D eigenvalue weighted by atomic mass is 10.2. The van der Waals surface area contributed by atoms with Crippen LogP contribution in [0.3, 0.4) is 0 Å². The molecule has 1 aromatic heterocycles. The number of carbonyl (C=O) groups is 1. The van der Waals surface area contributed by atoms with Crippen LogP contribution in [0.2, 0.25) is 0 Å². The Morgan fingerprint density at radius 1 is 1.28 bits per heavy atom. The van der Waals surface area contributed by atoms with E-state index in [4.69, 9.17) is 9.47 Å². The Balaban J connectivity index is 1.29. The second-order valence-corrected chi connectivity index (χ2v) is 6.41. The van der Waals surface area contributed by atoms with Gasteiger partial charge in [0.1, 0.15) is 19.0 Å². The summed E-state index contributed by atoms with van der Waals surface area (Å²) in [5.74, 6) is 2.41. The molecule has 25 heavy (non-hydrogen) atoms. The largest absolute Gasteiger partial charge is 0.486 e. The molecule has 2 heterocycles. The van der Waals surface area contributed by atoms with Gasteiger partial charge < -0.3 is 24.7 Å². The lowest BCUT2D eigenvalue weighted by Gasteiger charge is -2.19. The number of urea groups is 1. The van der Waals surface area contributed by atoms with Gasteiger partial charge in [-0.1, -0.05) is 0 Å². The summed E-state index contributed by atoms with van der Waals surface area (Å²) in [6, 6.07) is 5.74. The minimum Gasteiger partial charge on any atom is -0.486 e. The number of benzene rings is 1. The molecule has 2 aliphatic rings. The number of fused-ring (bicyclic) bond motifs is 1. The Morgan fingerprint density at radius 2 is 2.08 bits per heavy atom. The lowest BCUT2D eigenvalue weighted by molar-refractivity contribution is 0.171. The van der Waals surface area contributed by atoms with Gasteiger partial charge in [0.15, 0.2) is 11.5 Å². The molecular weight excluding hydrogens is 320 g/mol. The molecule has 7 nitrogen and oxygen atoms in total. The first kappa shape index (κ1) is 15.8. The number of imidazole rings is 1. The van der Waals surface area contributed by atoms with E-state index < -0.39 is 0 Å². The van der Waals surface area contributed by atoms with E-state index in [9.17, 15) is 4.79 Å². The molecule has 1 saturated carbocycles. The van der Waals surface area contributed by atoms with Gasteiger partial charge in [0.25, 0.3) is 0 Å². The number of hydrogen-bond donors (Lipinski definition) is 2. The van der Waals surface area contributed by atoms with Gasteiger partial charge in [-0.3, -0.25) is 0 Å². The zero-order valence-electron chi connectivity index (χ0n) is 14.2. The Hall–Kier alpha value is -2.70. The summed E-state index contributed by atoms with van der Waals surface area (Å²) >= 11 is 0. The first-order valence-corrected chi connectivity index (χ1v) is 8.68. The van der Waals surface area contributed by atoms with Gasteiger partial charge in [-0.25, -0.2) is 9.78 Å². The van der Waals surface area contributed by atoms with Crippen molar-refractivity contribution in [2.24, 2.45) is 0 Å². The summed E-state index contributed by atoms with van der Waals surface area (Å²) in [5.41, 5.74) is 1.87. The molecule has 1 aromatic carbocycles. The molecular formula is C18H22N4O3. The number of aromatic nitrogens is 2. The van der Waals surface area contributed by atoms with Gasteiger partial charge in [-0.15, -0.1) is 0 Å². The number of carbonyl (C=O) groups excluding carboxylic acids is 1. The smallest absolute Gasteiger partial charge is 0.319 e. The third kappa shape index (κ3) is 3.55. The topological polar surface area (TPSA) is 77.4 Å². The summed E-state index contributed by atoms with van der Waals surface area (Å²) < 4.78 is 13.3. The Kier molecular flexibility index (Phi) is 4.21. The van der Waals surface area contributed by atoms with Crippen molar-refractivity contribution < 1.29 is 14.3 Å². The number of ether oxygens (including phenoxy) is 2. The number of anilines is 1. The average molecular weight is 342 g/mol. The van der Waals surface area contributed by atoms with Crippen LogP contribution in [0.1, 0.15) is 30.4 Å². The molecule has 0 spiro atoms. The zero-order chi connectivity index (χ0) is 17.2. The average Bonchev–Trinajstić information content (AvgIpc) is 3.38. The molecule has 0 bridgehead atoms. The minimum absolute atomic E-state index is 0.238. The van der Waals surface area contributed by atoms with Crippen LogP contribution in [0.25, 0.3) is 0 Å². The summed E-state index contributed by atoms with van der Waals surface area (Å²) in [6.45, 7) is 3.70. The van der Waals surface area contributed by atoms with Crippen molar-refractivity contribution in [1.29, 1.82) is 0 Å². The van der Waals surface area contributed by atoms with Gasteiger partial charge in [-0.2, -0.15) is 0 Å². The van der Waals surface area contributed by atoms with Crippen molar-refractivity contribution in [3.63, 3.8) is 0 Å². The van der Waals surface area contributed by atoms with Gasteiger partial charge in [0.05, 0.1) is 0 Å². The number of nitrogens with one attached hydrogen (secondary N) is 2. The number of nitrogens with zero attached hydrogens (tertiary/aromatic N) is 2. The second-order valence-electron chi connectivity index (χ2n) is 6.41. The number of amides is 2. The van der Waals surface area contributed by atoms with Crippen LogP contribution in [0.5, 0.6) is 11.5 Å². The van der Waals surface area contributed by atoms with E-state index in [1.54, 1.807) is 18.2 Å². The maximum Gasteiger partial charge on any atom is 0.319 e. The molecule has 1 fully saturated rings. The van der Waals surface area contributed by atoms with Crippen molar-refractivity contribution in [2.75, 3.05) is 25.1 Å². The molecule has 2 aromatic rings. The first-order chi connectivity index (χ1) is 12.2. The molecule has 0 unspecified atom stereocenters. The molecule has 132 valence electrons. The van der Waals surface area contributed by atoms with Gasteiger partial charge in [0.2, 0.25) is 0 Å². The standard InChI is InChI=1S/C18H22N4O3/c1-12-11-20-17(22(12)14-3-4-14)6-7-19-18(23)21-13-2-5-15-16(10-13)25-9-8-24-15/h2,5,10-11,14H,3-4,6-9H2,1H3,(H2,19,21,23). The highest BCUT2D eigenvalue weighted by molar-refractivity contribution is 5.89. The zero-order valence-corrected chi connectivity index (χ0v) is 14.2. The summed E-state index contributed by atoms with van der Waals surface area (Å²) in [6.07, 6.45) is 5.08. The number of hydrogen-bond acceptors (Lipinski definition) is 4. The maximum atomic E-state index is 12.1. The molecule has 0 atom stereocenters. The highest BCUT2D eigenvalue weighted by Crippen LogP contribution is 2.37. The summed E-state index contributed by atoms with van der Waals surface area (Å²) in [4.78, 5) is 16.6. The summed E-state index contributed by atoms with van der Waals surface area (Å²) in [7, 11) is 0. The number of rotatable bonds is 5. The van der Waals surface area contributed by atoms with Crippen molar-refractivity contribution in [3.05, 3.63) is 35.9 Å². The highest BCUT2D eigenvalue weighted by Gasteiger charge is 2.26. The van der Waals surface area contributed by atoms with Crippen molar-refractivity contribution in [3.8, 4) is 11.5 Å². The van der Waals surface area contributed by atoms with Crippen LogP contribution in [-0.2, 0) is 6.42 Å². The minimum atomic E-state index is -0.238. The number of aryl methyl sites for hydroxylation is 1. The quantitative estimate of drug-likeness (QED) is 0.876. The van der Waals surface area contributed by atoms with Crippen LogP contribution >= 0.6 is 0 Å². The highest BCUT2D eigenvalue weighted by atomic mass is 16.6. The first-order valence-electron chi connectivity index (χ1n) is 8.68. The monoisotopic (exact) mass is 342 g/mol. The Bertz CT molecular complexity index is 783. The molecule has 0 radical (unpaired) electrons. The van der Waals surface area contributed by atoms with Crippen LogP contribution in [0.15, 0.2) is 24.4 Å². The summed E-state index contributed by atoms with van der Waals surface area (Å²) in [5, 5.41) is 5.70. The fraction of sp³-hybridized carbons (Fsp3) is 0.444. The Morgan fingerprint density at radius 3 is 2.88 bits per heavy atom. The fourth-order valence-electron chi connectivity index (χ4n) is 3.10. The molecule has 2 N–H and O–H groups in total. The van der Waals surface area contributed by atoms with Crippen LogP contribution in [0.4, 0.5) is 10.5 Å². The van der Waals surface area contributed by atoms with Gasteiger partial charge in [-0.05, 0) is 31.9 Å². The SMILES string of the molecule is Cc1cnc(CCNC(=O)Nc2ccc3c(c2)OCCO3)n1C1CC1. The molecule has 4 rings (SSSR count). The molecule has 0 saturated heterocycles. The maximum absolute atomic E-state index is 12.1. The van der Waals surface area contributed by atoms with E-state index in [-0.39, 0.29) is 6.03 Å². The van der Waals surface area contributed by atoms with E-state index in [0.717, 1.165) is 12.2 Å². The second kappa shape index (κ2) is 6.66. The van der Waals surface area contributed by atoms with E-state index in [1.165, 1.54) is 18.5 Å². The van der Waals surface area contributed by atoms with Gasteiger partial charge in [0, 0.05) is 42.7 Å². The molecule has 7 heteroatoms. The lowest BCUT2D eigenvalue weighted by Crippen LogP contribution is -2.31. The Labute approximate surface area is 146 Å². The van der Waals surface area contributed by atoms with Crippen molar-refractivity contribution >= 4 is 11.7 Å².